The molecule has 7 heteroatoms. The van der Waals surface area contributed by atoms with Crippen LogP contribution in [0.2, 0.25) is 0 Å². The van der Waals surface area contributed by atoms with E-state index in [2.05, 4.69) is 5.32 Å². The first-order valence-electron chi connectivity index (χ1n) is 5.68. The van der Waals surface area contributed by atoms with Gasteiger partial charge in [-0.05, 0) is 18.2 Å². The molecule has 0 fully saturated rings. The van der Waals surface area contributed by atoms with Crippen LogP contribution >= 0.6 is 0 Å². The molecule has 1 unspecified atom stereocenters. The molecular weight excluding hydrogens is 268 g/mol. The van der Waals surface area contributed by atoms with Crippen LogP contribution in [0, 0.1) is 0 Å². The van der Waals surface area contributed by atoms with E-state index in [1.807, 2.05) is 0 Å². The maximum Gasteiger partial charge on any atom is 0.251 e. The SMILES string of the molecule is COCC(CN)NC(=O)c1cccc(S(C)(=O)=O)c1. The summed E-state index contributed by atoms with van der Waals surface area (Å²) in [5.74, 6) is -0.377. The number of hydrogen-bond acceptors (Lipinski definition) is 5. The van der Waals surface area contributed by atoms with Crippen LogP contribution in [0.1, 0.15) is 10.4 Å². The Hall–Kier alpha value is -1.44. The van der Waals surface area contributed by atoms with Crippen molar-refractivity contribution >= 4 is 15.7 Å². The fraction of sp³-hybridized carbons (Fsp3) is 0.417. The van der Waals surface area contributed by atoms with Crippen molar-refractivity contribution in [2.24, 2.45) is 5.73 Å². The maximum absolute atomic E-state index is 12.0. The Morgan fingerprint density at radius 1 is 1.47 bits per heavy atom. The third-order valence-electron chi connectivity index (χ3n) is 2.51. The van der Waals surface area contributed by atoms with Crippen LogP contribution < -0.4 is 11.1 Å². The van der Waals surface area contributed by atoms with Gasteiger partial charge in [0.1, 0.15) is 0 Å². The molecule has 0 radical (unpaired) electrons. The number of benzene rings is 1. The second-order valence-electron chi connectivity index (χ2n) is 4.16. The third kappa shape index (κ3) is 4.62. The van der Waals surface area contributed by atoms with Gasteiger partial charge in [-0.2, -0.15) is 0 Å². The second kappa shape index (κ2) is 6.65. The van der Waals surface area contributed by atoms with Gasteiger partial charge in [0.25, 0.3) is 5.91 Å². The number of carbonyl (C=O) groups is 1. The highest BCUT2D eigenvalue weighted by Crippen LogP contribution is 2.11. The Bertz CT molecular complexity index is 542. The molecule has 106 valence electrons. The number of hydrogen-bond donors (Lipinski definition) is 2. The van der Waals surface area contributed by atoms with Gasteiger partial charge < -0.3 is 15.8 Å². The molecule has 19 heavy (non-hydrogen) atoms. The zero-order valence-electron chi connectivity index (χ0n) is 10.9. The lowest BCUT2D eigenvalue weighted by Gasteiger charge is -2.15. The van der Waals surface area contributed by atoms with Crippen LogP contribution in [-0.4, -0.2) is 46.9 Å². The van der Waals surface area contributed by atoms with E-state index in [1.165, 1.54) is 25.3 Å². The van der Waals surface area contributed by atoms with Gasteiger partial charge in [-0.15, -0.1) is 0 Å². The van der Waals surface area contributed by atoms with E-state index in [0.29, 0.717) is 6.61 Å². The maximum atomic E-state index is 12.0. The average molecular weight is 286 g/mol. The fourth-order valence-electron chi connectivity index (χ4n) is 1.51. The van der Waals surface area contributed by atoms with E-state index in [-0.39, 0.29) is 29.0 Å². The number of carbonyl (C=O) groups excluding carboxylic acids is 1. The van der Waals surface area contributed by atoms with E-state index in [1.54, 1.807) is 6.07 Å². The molecule has 0 heterocycles. The lowest BCUT2D eigenvalue weighted by Crippen LogP contribution is -2.43. The van der Waals surface area contributed by atoms with Crippen molar-refractivity contribution in [3.63, 3.8) is 0 Å². The first-order chi connectivity index (χ1) is 8.88. The number of methoxy groups -OCH3 is 1. The minimum atomic E-state index is -3.33. The monoisotopic (exact) mass is 286 g/mol. The van der Waals surface area contributed by atoms with Gasteiger partial charge in [-0.3, -0.25) is 4.79 Å². The topological polar surface area (TPSA) is 98.5 Å². The Kier molecular flexibility index (Phi) is 5.46. The molecule has 0 saturated heterocycles. The highest BCUT2D eigenvalue weighted by Gasteiger charge is 2.14. The molecule has 1 rings (SSSR count). The summed E-state index contributed by atoms with van der Waals surface area (Å²) >= 11 is 0. The highest BCUT2D eigenvalue weighted by atomic mass is 32.2. The second-order valence-corrected chi connectivity index (χ2v) is 6.18. The zero-order chi connectivity index (χ0) is 14.5. The molecule has 0 aromatic heterocycles. The van der Waals surface area contributed by atoms with Crippen molar-refractivity contribution in [2.45, 2.75) is 10.9 Å². The van der Waals surface area contributed by atoms with Crippen molar-refractivity contribution in [3.8, 4) is 0 Å². The summed E-state index contributed by atoms with van der Waals surface area (Å²) < 4.78 is 27.8. The van der Waals surface area contributed by atoms with Crippen molar-refractivity contribution in [1.29, 1.82) is 0 Å². The van der Waals surface area contributed by atoms with Crippen LogP contribution in [-0.2, 0) is 14.6 Å². The summed E-state index contributed by atoms with van der Waals surface area (Å²) in [6, 6.07) is 5.55. The standard InChI is InChI=1S/C12H18N2O4S/c1-18-8-10(7-13)14-12(15)9-4-3-5-11(6-9)19(2,16)17/h3-6,10H,7-8,13H2,1-2H3,(H,14,15). The van der Waals surface area contributed by atoms with Gasteiger partial charge in [0.15, 0.2) is 9.84 Å². The van der Waals surface area contributed by atoms with E-state index >= 15 is 0 Å². The Morgan fingerprint density at radius 2 is 2.16 bits per heavy atom. The zero-order valence-corrected chi connectivity index (χ0v) is 11.7. The van der Waals surface area contributed by atoms with Crippen molar-refractivity contribution < 1.29 is 17.9 Å². The molecule has 0 aliphatic heterocycles. The number of sulfone groups is 1. The third-order valence-corrected chi connectivity index (χ3v) is 3.62. The molecular formula is C12H18N2O4S. The number of rotatable bonds is 6. The Labute approximate surface area is 112 Å². The van der Waals surface area contributed by atoms with Crippen LogP contribution in [0.4, 0.5) is 0 Å². The number of nitrogens with two attached hydrogens (primary N) is 1. The molecule has 0 aliphatic carbocycles. The largest absolute Gasteiger partial charge is 0.383 e. The minimum Gasteiger partial charge on any atom is -0.383 e. The number of ether oxygens (including phenoxy) is 1. The minimum absolute atomic E-state index is 0.108. The normalized spacial score (nSPS) is 13.0. The first-order valence-corrected chi connectivity index (χ1v) is 7.57. The molecule has 3 N–H and O–H groups in total. The number of amides is 1. The summed E-state index contributed by atoms with van der Waals surface area (Å²) in [6.07, 6.45) is 1.09. The molecule has 1 atom stereocenters. The molecule has 0 saturated carbocycles. The van der Waals surface area contributed by atoms with Crippen LogP contribution in [0.25, 0.3) is 0 Å². The molecule has 1 aromatic rings. The van der Waals surface area contributed by atoms with Gasteiger partial charge in [0.05, 0.1) is 17.5 Å². The highest BCUT2D eigenvalue weighted by molar-refractivity contribution is 7.90. The van der Waals surface area contributed by atoms with E-state index in [4.69, 9.17) is 10.5 Å². The lowest BCUT2D eigenvalue weighted by atomic mass is 10.2. The van der Waals surface area contributed by atoms with Gasteiger partial charge in [-0.25, -0.2) is 8.42 Å². The predicted molar refractivity (Wildman–Crippen MR) is 71.7 cm³/mol. The van der Waals surface area contributed by atoms with Crippen molar-refractivity contribution in [1.82, 2.24) is 5.32 Å². The van der Waals surface area contributed by atoms with Gasteiger partial charge in [-0.1, -0.05) is 6.07 Å². The van der Waals surface area contributed by atoms with Crippen molar-refractivity contribution in [2.75, 3.05) is 26.5 Å². The molecule has 0 aliphatic rings. The molecule has 1 amide bonds. The van der Waals surface area contributed by atoms with E-state index in [0.717, 1.165) is 6.26 Å². The van der Waals surface area contributed by atoms with Crippen LogP contribution in [0.15, 0.2) is 29.2 Å². The summed E-state index contributed by atoms with van der Waals surface area (Å²) in [4.78, 5) is 12.1. The van der Waals surface area contributed by atoms with Gasteiger partial charge >= 0.3 is 0 Å². The van der Waals surface area contributed by atoms with Crippen molar-refractivity contribution in [3.05, 3.63) is 29.8 Å². The van der Waals surface area contributed by atoms with Gasteiger partial charge in [0.2, 0.25) is 0 Å². The molecule has 1 aromatic carbocycles. The smallest absolute Gasteiger partial charge is 0.251 e. The summed E-state index contributed by atoms with van der Waals surface area (Å²) in [5, 5.41) is 2.68. The quantitative estimate of drug-likeness (QED) is 0.754. The molecule has 0 bridgehead atoms. The molecule has 6 nitrogen and oxygen atoms in total. The van der Waals surface area contributed by atoms with E-state index in [9.17, 15) is 13.2 Å². The predicted octanol–water partition coefficient (Wildman–Crippen LogP) is -0.206. The Morgan fingerprint density at radius 3 is 2.68 bits per heavy atom. The van der Waals surface area contributed by atoms with E-state index < -0.39 is 9.84 Å². The first kappa shape index (κ1) is 15.6. The summed E-state index contributed by atoms with van der Waals surface area (Å²) in [6.45, 7) is 0.541. The van der Waals surface area contributed by atoms with Crippen LogP contribution in [0.3, 0.4) is 0 Å². The van der Waals surface area contributed by atoms with Gasteiger partial charge in [0, 0.05) is 25.5 Å². The fourth-order valence-corrected chi connectivity index (χ4v) is 2.17. The molecule has 0 spiro atoms. The number of nitrogens with one attached hydrogen (secondary N) is 1. The average Bonchev–Trinajstić information content (AvgIpc) is 2.37. The summed E-state index contributed by atoms with van der Waals surface area (Å²) in [7, 11) is -1.82. The lowest BCUT2D eigenvalue weighted by molar-refractivity contribution is 0.0900. The Balaban J connectivity index is 2.88. The van der Waals surface area contributed by atoms with Crippen LogP contribution in [0.5, 0.6) is 0 Å². The summed E-state index contributed by atoms with van der Waals surface area (Å²) in [5.41, 5.74) is 5.77.